The van der Waals surface area contributed by atoms with Crippen LogP contribution in [0.5, 0.6) is 11.5 Å². The Labute approximate surface area is 695 Å². The third kappa shape index (κ3) is 64.0. The molecule has 1 saturated carbocycles. The molecule has 0 radical (unpaired) electrons. The van der Waals surface area contributed by atoms with Crippen LogP contribution in [-0.2, 0) is 97.3 Å². The summed E-state index contributed by atoms with van der Waals surface area (Å²) >= 11 is 0. The van der Waals surface area contributed by atoms with Crippen LogP contribution in [0, 0.1) is 5.92 Å². The predicted octanol–water partition coefficient (Wildman–Crippen LogP) is 24.9. The minimum absolute atomic E-state index is 0.0342. The van der Waals surface area contributed by atoms with Gasteiger partial charge in [0.25, 0.3) is 0 Å². The van der Waals surface area contributed by atoms with Crippen LogP contribution < -0.4 is 9.47 Å². The first-order valence-electron chi connectivity index (χ1n) is 42.8. The summed E-state index contributed by atoms with van der Waals surface area (Å²) in [5, 5.41) is 2.44. The SMILES string of the molecule is CC(C)(C)OC(=O)CCC1CCCCC1.CC(C)(C)OC(=O)CCCCc1ccccc1.CC(C)(C)OC(=O)CCCOCc1ccccc1.CC(C)(C)OC(=O)CCc1ccc2c(c1)OCO2.CC(C)(C)OC(=O)CCc1ccc2ccccc2c1.CCCCCC(=O)OC(C)(C)C.CCCCCCCCCC(=O)OC(C)(C)C. The molecule has 115 heavy (non-hydrogen) atoms. The van der Waals surface area contributed by atoms with Crippen molar-refractivity contribution >= 4 is 52.6 Å². The number of benzene rings is 5. The summed E-state index contributed by atoms with van der Waals surface area (Å²) in [6.07, 6.45) is 28.0. The van der Waals surface area contributed by atoms with Gasteiger partial charge in [-0.3, -0.25) is 33.6 Å². The van der Waals surface area contributed by atoms with Crippen molar-refractivity contribution < 1.29 is 80.9 Å². The molecular formula is C98H154O17. The number of ether oxygens (including phenoxy) is 10. The van der Waals surface area contributed by atoms with Gasteiger partial charge < -0.3 is 47.4 Å². The van der Waals surface area contributed by atoms with Crippen molar-refractivity contribution in [2.24, 2.45) is 5.92 Å². The van der Waals surface area contributed by atoms with Crippen LogP contribution in [0.3, 0.4) is 0 Å². The number of carbonyl (C=O) groups is 7. The largest absolute Gasteiger partial charge is 0.460 e. The number of esters is 7. The molecule has 0 saturated heterocycles. The normalized spacial score (nSPS) is 12.7. The molecule has 17 nitrogen and oxygen atoms in total. The highest BCUT2D eigenvalue weighted by Crippen LogP contribution is 2.33. The Kier molecular flexibility index (Phi) is 51.7. The van der Waals surface area contributed by atoms with Crippen molar-refractivity contribution in [3.05, 3.63) is 144 Å². The van der Waals surface area contributed by atoms with Gasteiger partial charge >= 0.3 is 41.8 Å². The standard InChI is InChI=1S/C17H20O2.C15H22O3.C15H22O2.C14H18O4.C14H28O2.C13H24O2.C10H20O2/c1-17(2,3)19-16(18)11-9-13-8-10-14-6-4-5-7-15(14)12-13;1-15(2,3)18-14(16)10-7-11-17-12-13-8-5-4-6-9-13;1-15(2,3)17-14(16)12-8-7-11-13-9-5-4-6-10-13;1-14(2,3)18-13(15)7-5-10-4-6-11-12(8-10)17-9-16-11;1-5-6-7-8-9-10-11-12-13(15)16-14(2,3)4;1-13(2,3)15-12(14)10-9-11-7-5-4-6-8-11;1-5-6-7-8-9(11)12-10(2,3)4/h4-8,10,12H,9,11H2,1-3H3;4-6,8-9H,7,10-12H2,1-3H3;4-6,9-10H,7-8,11-12H2,1-3H3;4,6,8H,5,7,9H2,1-3H3;5-12H2,1-4H3;11H,4-10H2,1-3H3;5-8H2,1-4H3. The average Bonchev–Trinajstić information content (AvgIpc) is 1.81. The second kappa shape index (κ2) is 56.5. The highest BCUT2D eigenvalue weighted by atomic mass is 16.7. The first kappa shape index (κ1) is 105. The summed E-state index contributed by atoms with van der Waals surface area (Å²) < 4.78 is 52.7. The molecule has 0 atom stereocenters. The van der Waals surface area contributed by atoms with Crippen molar-refractivity contribution in [3.8, 4) is 11.5 Å². The lowest BCUT2D eigenvalue weighted by Gasteiger charge is -2.23. The van der Waals surface area contributed by atoms with Gasteiger partial charge in [0.05, 0.1) is 6.61 Å². The minimum atomic E-state index is -0.425. The summed E-state index contributed by atoms with van der Waals surface area (Å²) in [5.41, 5.74) is 2.11. The molecule has 1 fully saturated rings. The Hall–Kier alpha value is -7.79. The number of hydrogen-bond donors (Lipinski definition) is 0. The summed E-state index contributed by atoms with van der Waals surface area (Å²) in [7, 11) is 0. The van der Waals surface area contributed by atoms with Crippen LogP contribution in [-0.4, -0.2) is 94.4 Å². The summed E-state index contributed by atoms with van der Waals surface area (Å²) in [6.45, 7) is 45.5. The predicted molar refractivity (Wildman–Crippen MR) is 466 cm³/mol. The topological polar surface area (TPSA) is 212 Å². The summed E-state index contributed by atoms with van der Waals surface area (Å²) in [4.78, 5) is 80.1. The summed E-state index contributed by atoms with van der Waals surface area (Å²) in [5.74, 6) is 1.54. The van der Waals surface area contributed by atoms with E-state index in [2.05, 4.69) is 56.3 Å². The van der Waals surface area contributed by atoms with E-state index in [9.17, 15) is 33.6 Å². The van der Waals surface area contributed by atoms with Crippen molar-refractivity contribution in [2.45, 2.75) is 391 Å². The van der Waals surface area contributed by atoms with Gasteiger partial charge in [-0.2, -0.15) is 0 Å². The number of unbranched alkanes of at least 4 members (excludes halogenated alkanes) is 9. The molecule has 0 N–H and O–H groups in total. The Morgan fingerprint density at radius 1 is 0.313 bits per heavy atom. The smallest absolute Gasteiger partial charge is 0.306 e. The molecule has 648 valence electrons. The Morgan fingerprint density at radius 3 is 1.11 bits per heavy atom. The molecule has 7 rings (SSSR count). The molecule has 0 bridgehead atoms. The van der Waals surface area contributed by atoms with Crippen LogP contribution in [0.2, 0.25) is 0 Å². The first-order valence-corrected chi connectivity index (χ1v) is 42.8. The Bertz CT molecular complexity index is 3470. The third-order valence-electron chi connectivity index (χ3n) is 16.6. The maximum absolute atomic E-state index is 11.7. The zero-order chi connectivity index (χ0) is 86.6. The van der Waals surface area contributed by atoms with E-state index in [-0.39, 0.29) is 71.0 Å². The molecule has 0 unspecified atom stereocenters. The van der Waals surface area contributed by atoms with Crippen LogP contribution >= 0.6 is 0 Å². The monoisotopic (exact) mass is 1600 g/mol. The average molecular weight is 1600 g/mol. The molecule has 1 aliphatic carbocycles. The van der Waals surface area contributed by atoms with Gasteiger partial charge in [-0.1, -0.05) is 207 Å². The second-order valence-corrected chi connectivity index (χ2v) is 36.7. The van der Waals surface area contributed by atoms with E-state index >= 15 is 0 Å². The van der Waals surface area contributed by atoms with E-state index in [0.29, 0.717) is 71.0 Å². The van der Waals surface area contributed by atoms with Crippen LogP contribution in [0.25, 0.3) is 10.8 Å². The lowest BCUT2D eigenvalue weighted by Crippen LogP contribution is -2.24. The van der Waals surface area contributed by atoms with Crippen LogP contribution in [0.1, 0.15) is 348 Å². The molecule has 1 aliphatic heterocycles. The van der Waals surface area contributed by atoms with Gasteiger partial charge in [-0.15, -0.1) is 0 Å². The molecular weight excluding hydrogens is 1450 g/mol. The fourth-order valence-corrected chi connectivity index (χ4v) is 11.6. The van der Waals surface area contributed by atoms with Gasteiger partial charge in [0, 0.05) is 51.6 Å². The van der Waals surface area contributed by atoms with Crippen LogP contribution in [0.4, 0.5) is 0 Å². The fourth-order valence-electron chi connectivity index (χ4n) is 11.6. The number of carbonyl (C=O) groups excluding carboxylic acids is 7. The van der Waals surface area contributed by atoms with Crippen molar-refractivity contribution in [1.29, 1.82) is 0 Å². The zero-order valence-electron chi connectivity index (χ0n) is 75.7. The van der Waals surface area contributed by atoms with Gasteiger partial charge in [0.2, 0.25) is 6.79 Å². The van der Waals surface area contributed by atoms with E-state index < -0.39 is 16.8 Å². The highest BCUT2D eigenvalue weighted by molar-refractivity contribution is 5.83. The van der Waals surface area contributed by atoms with Gasteiger partial charge in [0.1, 0.15) is 39.2 Å². The van der Waals surface area contributed by atoms with E-state index in [1.165, 1.54) is 86.1 Å². The lowest BCUT2D eigenvalue weighted by atomic mass is 9.86. The Morgan fingerprint density at radius 2 is 0.661 bits per heavy atom. The maximum atomic E-state index is 11.7. The molecule has 0 spiro atoms. The van der Waals surface area contributed by atoms with Gasteiger partial charge in [0.15, 0.2) is 11.5 Å². The van der Waals surface area contributed by atoms with Gasteiger partial charge in [-0.25, -0.2) is 0 Å². The molecule has 2 aliphatic rings. The summed E-state index contributed by atoms with van der Waals surface area (Å²) in [6, 6.07) is 40.6. The molecule has 1 heterocycles. The number of rotatable bonds is 32. The highest BCUT2D eigenvalue weighted by Gasteiger charge is 2.23. The molecule has 5 aromatic rings. The number of hydrogen-bond acceptors (Lipinski definition) is 17. The number of fused-ring (bicyclic) bond motifs is 2. The van der Waals surface area contributed by atoms with Gasteiger partial charge in [-0.05, 0) is 254 Å². The quantitative estimate of drug-likeness (QED) is 0.0222. The fraction of sp³-hybridized carbons (Fsp3) is 0.643. The minimum Gasteiger partial charge on any atom is -0.460 e. The van der Waals surface area contributed by atoms with Crippen LogP contribution in [0.15, 0.2) is 121 Å². The van der Waals surface area contributed by atoms with Crippen molar-refractivity contribution in [1.82, 2.24) is 0 Å². The number of aryl methyl sites for hydroxylation is 3. The van der Waals surface area contributed by atoms with Crippen molar-refractivity contribution in [3.63, 3.8) is 0 Å². The Balaban J connectivity index is 0.000000674. The van der Waals surface area contributed by atoms with E-state index in [4.69, 9.17) is 47.4 Å². The first-order chi connectivity index (χ1) is 53.7. The molecule has 0 amide bonds. The van der Waals surface area contributed by atoms with E-state index in [1.54, 1.807) is 0 Å². The molecule has 17 heteroatoms. The van der Waals surface area contributed by atoms with E-state index in [0.717, 1.165) is 92.8 Å². The maximum Gasteiger partial charge on any atom is 0.306 e. The van der Waals surface area contributed by atoms with Crippen molar-refractivity contribution in [2.75, 3.05) is 13.4 Å². The zero-order valence-corrected chi connectivity index (χ0v) is 75.7. The molecule has 0 aromatic heterocycles. The second-order valence-electron chi connectivity index (χ2n) is 36.7. The molecule has 5 aromatic carbocycles. The lowest BCUT2D eigenvalue weighted by molar-refractivity contribution is -0.156. The third-order valence-corrected chi connectivity index (χ3v) is 16.6. The van der Waals surface area contributed by atoms with E-state index in [1.807, 2.05) is 224 Å².